The van der Waals surface area contributed by atoms with Gasteiger partial charge in [0.05, 0.1) is 5.52 Å². The zero-order chi connectivity index (χ0) is 13.0. The lowest BCUT2D eigenvalue weighted by Crippen LogP contribution is -2.25. The molecule has 18 heavy (non-hydrogen) atoms. The molecule has 2 rings (SSSR count). The van der Waals surface area contributed by atoms with Crippen molar-refractivity contribution < 1.29 is 0 Å². The molecule has 1 heterocycles. The van der Waals surface area contributed by atoms with Gasteiger partial charge in [0.2, 0.25) is 0 Å². The van der Waals surface area contributed by atoms with Crippen molar-refractivity contribution >= 4 is 22.5 Å². The lowest BCUT2D eigenvalue weighted by atomic mass is 10.1. The molecule has 3 heteroatoms. The summed E-state index contributed by atoms with van der Waals surface area (Å²) in [4.78, 5) is 6.93. The van der Waals surface area contributed by atoms with Gasteiger partial charge in [0, 0.05) is 30.0 Å². The first-order valence-electron chi connectivity index (χ1n) is 6.38. The minimum absolute atomic E-state index is 0.676. The number of alkyl halides is 1. The molecular formula is C15H19ClN2. The third-order valence-electron chi connectivity index (χ3n) is 3.17. The van der Waals surface area contributed by atoms with Gasteiger partial charge in [0.25, 0.3) is 0 Å². The Morgan fingerprint density at radius 2 is 2.06 bits per heavy atom. The van der Waals surface area contributed by atoms with Gasteiger partial charge < -0.3 is 0 Å². The van der Waals surface area contributed by atoms with Crippen LogP contribution in [0.4, 0.5) is 0 Å². The summed E-state index contributed by atoms with van der Waals surface area (Å²) in [5.74, 6) is 0.676. The summed E-state index contributed by atoms with van der Waals surface area (Å²) in [7, 11) is 0. The standard InChI is InChI=1S/C15H19ClN2/c1-3-18(9-8-16)11-13-10-12(2)17-15-7-5-4-6-14(13)15/h4-7,10H,3,8-9,11H2,1-2H3. The van der Waals surface area contributed by atoms with Crippen molar-refractivity contribution in [2.75, 3.05) is 19.0 Å². The number of nitrogens with zero attached hydrogens (tertiary/aromatic N) is 2. The van der Waals surface area contributed by atoms with Crippen LogP contribution in [0.5, 0.6) is 0 Å². The van der Waals surface area contributed by atoms with E-state index in [1.165, 1.54) is 10.9 Å². The number of aryl methyl sites for hydroxylation is 1. The van der Waals surface area contributed by atoms with E-state index in [1.54, 1.807) is 0 Å². The molecular weight excluding hydrogens is 244 g/mol. The number of benzene rings is 1. The maximum Gasteiger partial charge on any atom is 0.0708 e. The van der Waals surface area contributed by atoms with Crippen LogP contribution >= 0.6 is 11.6 Å². The Morgan fingerprint density at radius 1 is 1.28 bits per heavy atom. The summed E-state index contributed by atoms with van der Waals surface area (Å²) < 4.78 is 0. The predicted molar refractivity (Wildman–Crippen MR) is 78.2 cm³/mol. The average molecular weight is 263 g/mol. The van der Waals surface area contributed by atoms with E-state index in [9.17, 15) is 0 Å². The van der Waals surface area contributed by atoms with E-state index in [0.717, 1.165) is 30.8 Å². The zero-order valence-corrected chi connectivity index (χ0v) is 11.7. The Bertz CT molecular complexity index is 525. The lowest BCUT2D eigenvalue weighted by molar-refractivity contribution is 0.298. The summed E-state index contributed by atoms with van der Waals surface area (Å²) in [5, 5.41) is 1.25. The van der Waals surface area contributed by atoms with Crippen molar-refractivity contribution in [2.45, 2.75) is 20.4 Å². The minimum atomic E-state index is 0.676. The van der Waals surface area contributed by atoms with E-state index in [-0.39, 0.29) is 0 Å². The third-order valence-corrected chi connectivity index (χ3v) is 3.34. The fourth-order valence-electron chi connectivity index (χ4n) is 2.24. The molecule has 1 aromatic heterocycles. The molecule has 0 aliphatic carbocycles. The zero-order valence-electron chi connectivity index (χ0n) is 11.0. The van der Waals surface area contributed by atoms with E-state index >= 15 is 0 Å². The van der Waals surface area contributed by atoms with Crippen LogP contribution in [0.15, 0.2) is 30.3 Å². The summed E-state index contributed by atoms with van der Waals surface area (Å²) in [6, 6.07) is 10.5. The van der Waals surface area contributed by atoms with Crippen molar-refractivity contribution in [3.05, 3.63) is 41.6 Å². The largest absolute Gasteiger partial charge is 0.298 e. The van der Waals surface area contributed by atoms with Crippen LogP contribution in [0.1, 0.15) is 18.2 Å². The van der Waals surface area contributed by atoms with E-state index in [4.69, 9.17) is 11.6 Å². The second-order valence-corrected chi connectivity index (χ2v) is 4.88. The molecule has 2 aromatic rings. The second kappa shape index (κ2) is 6.17. The van der Waals surface area contributed by atoms with Crippen LogP contribution in [0.25, 0.3) is 10.9 Å². The monoisotopic (exact) mass is 262 g/mol. The van der Waals surface area contributed by atoms with Crippen LogP contribution in [-0.4, -0.2) is 28.9 Å². The fourth-order valence-corrected chi connectivity index (χ4v) is 2.47. The molecule has 0 saturated heterocycles. The van der Waals surface area contributed by atoms with Gasteiger partial charge >= 0.3 is 0 Å². The van der Waals surface area contributed by atoms with Gasteiger partial charge in [-0.05, 0) is 31.2 Å². The molecule has 0 unspecified atom stereocenters. The highest BCUT2D eigenvalue weighted by Crippen LogP contribution is 2.19. The molecule has 2 nitrogen and oxygen atoms in total. The highest BCUT2D eigenvalue weighted by molar-refractivity contribution is 6.18. The van der Waals surface area contributed by atoms with Crippen molar-refractivity contribution in [3.63, 3.8) is 0 Å². The van der Waals surface area contributed by atoms with Gasteiger partial charge in [-0.3, -0.25) is 9.88 Å². The molecule has 0 saturated carbocycles. The average Bonchev–Trinajstić information content (AvgIpc) is 2.38. The first-order valence-corrected chi connectivity index (χ1v) is 6.91. The molecule has 0 spiro atoms. The van der Waals surface area contributed by atoms with Crippen LogP contribution in [-0.2, 0) is 6.54 Å². The summed E-state index contributed by atoms with van der Waals surface area (Å²) in [6.45, 7) is 7.10. The van der Waals surface area contributed by atoms with Gasteiger partial charge in [0.1, 0.15) is 0 Å². The Hall–Kier alpha value is -1.12. The topological polar surface area (TPSA) is 16.1 Å². The number of fused-ring (bicyclic) bond motifs is 1. The maximum atomic E-state index is 5.84. The predicted octanol–water partition coefficient (Wildman–Crippen LogP) is 3.60. The van der Waals surface area contributed by atoms with Crippen LogP contribution in [0.3, 0.4) is 0 Å². The second-order valence-electron chi connectivity index (χ2n) is 4.50. The smallest absolute Gasteiger partial charge is 0.0708 e. The number of pyridine rings is 1. The first-order chi connectivity index (χ1) is 8.74. The number of rotatable bonds is 5. The molecule has 0 aliphatic heterocycles. The molecule has 0 aliphatic rings. The van der Waals surface area contributed by atoms with E-state index in [0.29, 0.717) is 5.88 Å². The molecule has 0 radical (unpaired) electrons. The van der Waals surface area contributed by atoms with Crippen LogP contribution in [0, 0.1) is 6.92 Å². The minimum Gasteiger partial charge on any atom is -0.298 e. The van der Waals surface area contributed by atoms with Crippen molar-refractivity contribution in [3.8, 4) is 0 Å². The quantitative estimate of drug-likeness (QED) is 0.766. The van der Waals surface area contributed by atoms with Gasteiger partial charge in [-0.2, -0.15) is 0 Å². The number of hydrogen-bond acceptors (Lipinski definition) is 2. The van der Waals surface area contributed by atoms with Crippen LogP contribution < -0.4 is 0 Å². The molecule has 1 aromatic carbocycles. The molecule has 0 atom stereocenters. The number of aromatic nitrogens is 1. The fraction of sp³-hybridized carbons (Fsp3) is 0.400. The molecule has 0 amide bonds. The molecule has 0 fully saturated rings. The van der Waals surface area contributed by atoms with Crippen molar-refractivity contribution in [1.82, 2.24) is 9.88 Å². The van der Waals surface area contributed by atoms with Gasteiger partial charge in [-0.25, -0.2) is 0 Å². The summed E-state index contributed by atoms with van der Waals surface area (Å²) >= 11 is 5.84. The van der Waals surface area contributed by atoms with E-state index in [1.807, 2.05) is 13.0 Å². The molecule has 0 bridgehead atoms. The van der Waals surface area contributed by atoms with Gasteiger partial charge in [-0.1, -0.05) is 25.1 Å². The summed E-state index contributed by atoms with van der Waals surface area (Å²) in [5.41, 5.74) is 3.49. The Morgan fingerprint density at radius 3 is 2.78 bits per heavy atom. The normalized spacial score (nSPS) is 11.3. The molecule has 0 N–H and O–H groups in total. The summed E-state index contributed by atoms with van der Waals surface area (Å²) in [6.07, 6.45) is 0. The number of para-hydroxylation sites is 1. The van der Waals surface area contributed by atoms with Gasteiger partial charge in [-0.15, -0.1) is 11.6 Å². The van der Waals surface area contributed by atoms with Crippen LogP contribution in [0.2, 0.25) is 0 Å². The number of halogens is 1. The Labute approximate surface area is 114 Å². The number of hydrogen-bond donors (Lipinski definition) is 0. The Balaban J connectivity index is 2.37. The first kappa shape index (κ1) is 13.3. The van der Waals surface area contributed by atoms with E-state index < -0.39 is 0 Å². The SMILES string of the molecule is CCN(CCCl)Cc1cc(C)nc2ccccc12. The molecule has 96 valence electrons. The highest BCUT2D eigenvalue weighted by atomic mass is 35.5. The Kier molecular flexibility index (Phi) is 4.56. The third kappa shape index (κ3) is 3.01. The van der Waals surface area contributed by atoms with Crippen molar-refractivity contribution in [1.29, 1.82) is 0 Å². The van der Waals surface area contributed by atoms with E-state index in [2.05, 4.69) is 41.1 Å². The van der Waals surface area contributed by atoms with Crippen molar-refractivity contribution in [2.24, 2.45) is 0 Å². The van der Waals surface area contributed by atoms with Gasteiger partial charge in [0.15, 0.2) is 0 Å². The lowest BCUT2D eigenvalue weighted by Gasteiger charge is -2.20. The maximum absolute atomic E-state index is 5.84. The highest BCUT2D eigenvalue weighted by Gasteiger charge is 2.07.